The fourth-order valence-corrected chi connectivity index (χ4v) is 2.71. The normalized spacial score (nSPS) is 20.6. The van der Waals surface area contributed by atoms with E-state index in [0.717, 1.165) is 12.8 Å². The van der Waals surface area contributed by atoms with E-state index in [0.29, 0.717) is 11.7 Å². The number of rotatable bonds is 2. The Labute approximate surface area is 96.9 Å². The molecule has 88 valence electrons. The zero-order valence-electron chi connectivity index (χ0n) is 10.0. The third-order valence-electron chi connectivity index (χ3n) is 3.79. The van der Waals surface area contributed by atoms with Gasteiger partial charge in [0.05, 0.1) is 0 Å². The van der Waals surface area contributed by atoms with Gasteiger partial charge in [-0.1, -0.05) is 19.9 Å². The Kier molecular flexibility index (Phi) is 2.94. The van der Waals surface area contributed by atoms with E-state index in [-0.39, 0.29) is 12.0 Å². The van der Waals surface area contributed by atoms with Crippen LogP contribution in [0, 0.1) is 5.41 Å². The molecule has 0 radical (unpaired) electrons. The summed E-state index contributed by atoms with van der Waals surface area (Å²) in [5.41, 5.74) is 2.45. The first-order valence-corrected chi connectivity index (χ1v) is 5.97. The summed E-state index contributed by atoms with van der Waals surface area (Å²) >= 11 is 0. The monoisotopic (exact) mass is 220 g/mol. The second kappa shape index (κ2) is 4.10. The summed E-state index contributed by atoms with van der Waals surface area (Å²) in [6.45, 7) is 4.38. The van der Waals surface area contributed by atoms with E-state index < -0.39 is 0 Å². The van der Waals surface area contributed by atoms with Crippen LogP contribution in [0.4, 0.5) is 0 Å². The molecule has 2 rings (SSSR count). The molecule has 1 aromatic rings. The number of phenolic OH excluding ortho intramolecular Hbond substituents is 1. The molecule has 0 amide bonds. The maximum Gasteiger partial charge on any atom is 0.115 e. The van der Waals surface area contributed by atoms with Gasteiger partial charge in [-0.25, -0.2) is 0 Å². The van der Waals surface area contributed by atoms with Gasteiger partial charge in [0.2, 0.25) is 0 Å². The van der Waals surface area contributed by atoms with Crippen LogP contribution in [-0.2, 0) is 6.42 Å². The number of phenols is 1. The Bertz CT molecular complexity index is 382. The predicted molar refractivity (Wildman–Crippen MR) is 64.7 cm³/mol. The molecule has 16 heavy (non-hydrogen) atoms. The number of fused-ring (bicyclic) bond motifs is 1. The summed E-state index contributed by atoms with van der Waals surface area (Å²) < 4.78 is 0. The third-order valence-corrected chi connectivity index (χ3v) is 3.79. The zero-order chi connectivity index (χ0) is 11.8. The lowest BCUT2D eigenvalue weighted by molar-refractivity contribution is 0.122. The minimum absolute atomic E-state index is 0.108. The van der Waals surface area contributed by atoms with E-state index in [9.17, 15) is 10.2 Å². The van der Waals surface area contributed by atoms with Crippen molar-refractivity contribution in [2.24, 2.45) is 5.41 Å². The molecule has 2 heteroatoms. The highest BCUT2D eigenvalue weighted by Gasteiger charge is 2.33. The lowest BCUT2D eigenvalue weighted by Crippen LogP contribution is -2.29. The Hall–Kier alpha value is -1.02. The molecule has 2 nitrogen and oxygen atoms in total. The minimum atomic E-state index is -0.108. The van der Waals surface area contributed by atoms with E-state index in [2.05, 4.69) is 13.8 Å². The number of aryl methyl sites for hydroxylation is 1. The molecule has 2 N–H and O–H groups in total. The van der Waals surface area contributed by atoms with Crippen LogP contribution in [0.15, 0.2) is 18.2 Å². The molecule has 1 aromatic carbocycles. The summed E-state index contributed by atoms with van der Waals surface area (Å²) in [4.78, 5) is 0. The van der Waals surface area contributed by atoms with Crippen LogP contribution >= 0.6 is 0 Å². The molecule has 1 unspecified atom stereocenters. The van der Waals surface area contributed by atoms with Crippen LogP contribution in [0.3, 0.4) is 0 Å². The van der Waals surface area contributed by atoms with Gasteiger partial charge in [0.25, 0.3) is 0 Å². The van der Waals surface area contributed by atoms with Gasteiger partial charge < -0.3 is 10.2 Å². The molecule has 1 atom stereocenters. The van der Waals surface area contributed by atoms with Crippen molar-refractivity contribution in [1.29, 1.82) is 0 Å². The van der Waals surface area contributed by atoms with Crippen LogP contribution < -0.4 is 0 Å². The van der Waals surface area contributed by atoms with E-state index in [1.807, 2.05) is 12.1 Å². The van der Waals surface area contributed by atoms with Crippen molar-refractivity contribution in [2.45, 2.75) is 39.0 Å². The molecular weight excluding hydrogens is 200 g/mol. The summed E-state index contributed by atoms with van der Waals surface area (Å²) in [5, 5.41) is 19.1. The highest BCUT2D eigenvalue weighted by Crippen LogP contribution is 2.44. The number of aliphatic hydroxyl groups excluding tert-OH is 1. The van der Waals surface area contributed by atoms with Crippen molar-refractivity contribution in [3.63, 3.8) is 0 Å². The van der Waals surface area contributed by atoms with Crippen molar-refractivity contribution >= 4 is 0 Å². The smallest absolute Gasteiger partial charge is 0.115 e. The molecular formula is C14H20O2. The van der Waals surface area contributed by atoms with Gasteiger partial charge in [-0.2, -0.15) is 0 Å². The molecule has 0 aliphatic heterocycles. The summed E-state index contributed by atoms with van der Waals surface area (Å²) in [6, 6.07) is 5.65. The van der Waals surface area contributed by atoms with Gasteiger partial charge in [0, 0.05) is 6.61 Å². The van der Waals surface area contributed by atoms with Gasteiger partial charge in [-0.3, -0.25) is 0 Å². The third kappa shape index (κ3) is 1.94. The summed E-state index contributed by atoms with van der Waals surface area (Å²) in [5.74, 6) is 0.688. The molecule has 1 aliphatic carbocycles. The average molecular weight is 220 g/mol. The topological polar surface area (TPSA) is 40.5 Å². The maximum absolute atomic E-state index is 9.58. The van der Waals surface area contributed by atoms with Crippen LogP contribution in [0.25, 0.3) is 0 Å². The predicted octanol–water partition coefficient (Wildman–Crippen LogP) is 2.83. The number of hydrogen-bond donors (Lipinski definition) is 2. The van der Waals surface area contributed by atoms with Crippen LogP contribution in [0.1, 0.15) is 43.7 Å². The van der Waals surface area contributed by atoms with E-state index in [4.69, 9.17) is 0 Å². The first kappa shape index (κ1) is 11.5. The van der Waals surface area contributed by atoms with Crippen molar-refractivity contribution in [3.05, 3.63) is 29.3 Å². The van der Waals surface area contributed by atoms with Crippen molar-refractivity contribution in [3.8, 4) is 5.75 Å². The second-order valence-corrected chi connectivity index (χ2v) is 5.47. The fraction of sp³-hybridized carbons (Fsp3) is 0.571. The summed E-state index contributed by atoms with van der Waals surface area (Å²) in [7, 11) is 0. The molecule has 0 bridgehead atoms. The molecule has 1 aliphatic rings. The minimum Gasteiger partial charge on any atom is -0.508 e. The highest BCUT2D eigenvalue weighted by molar-refractivity contribution is 5.39. The van der Waals surface area contributed by atoms with Crippen molar-refractivity contribution in [2.75, 3.05) is 6.61 Å². The molecule has 0 heterocycles. The van der Waals surface area contributed by atoms with E-state index in [1.165, 1.54) is 17.5 Å². The van der Waals surface area contributed by atoms with Crippen LogP contribution in [0.5, 0.6) is 5.75 Å². The van der Waals surface area contributed by atoms with Gasteiger partial charge in [0.15, 0.2) is 0 Å². The lowest BCUT2D eigenvalue weighted by atomic mass is 9.69. The molecule has 0 fully saturated rings. The first-order chi connectivity index (χ1) is 7.54. The first-order valence-electron chi connectivity index (χ1n) is 5.97. The van der Waals surface area contributed by atoms with Gasteiger partial charge in [-0.05, 0) is 53.9 Å². The molecule has 0 saturated carbocycles. The molecule has 0 saturated heterocycles. The van der Waals surface area contributed by atoms with E-state index in [1.54, 1.807) is 6.07 Å². The standard InChI is InChI=1S/C14H20O2/c1-14(2,9-15)13-5-3-4-10-6-7-11(16)8-12(10)13/h6-8,13,15-16H,3-5,9H2,1-2H3. The zero-order valence-corrected chi connectivity index (χ0v) is 10.0. The van der Waals surface area contributed by atoms with Crippen LogP contribution in [-0.4, -0.2) is 16.8 Å². The number of aromatic hydroxyl groups is 1. The maximum atomic E-state index is 9.58. The number of aliphatic hydroxyl groups is 1. The molecule has 0 spiro atoms. The molecule has 0 aromatic heterocycles. The van der Waals surface area contributed by atoms with Crippen molar-refractivity contribution in [1.82, 2.24) is 0 Å². The second-order valence-electron chi connectivity index (χ2n) is 5.47. The van der Waals surface area contributed by atoms with Gasteiger partial charge >= 0.3 is 0 Å². The average Bonchev–Trinajstić information content (AvgIpc) is 2.28. The van der Waals surface area contributed by atoms with E-state index >= 15 is 0 Å². The van der Waals surface area contributed by atoms with Gasteiger partial charge in [0.1, 0.15) is 5.75 Å². The Morgan fingerprint density at radius 2 is 2.12 bits per heavy atom. The number of hydrogen-bond acceptors (Lipinski definition) is 2. The Morgan fingerprint density at radius 1 is 1.38 bits per heavy atom. The van der Waals surface area contributed by atoms with Gasteiger partial charge in [-0.15, -0.1) is 0 Å². The fourth-order valence-electron chi connectivity index (χ4n) is 2.71. The Morgan fingerprint density at radius 3 is 2.81 bits per heavy atom. The largest absolute Gasteiger partial charge is 0.508 e. The van der Waals surface area contributed by atoms with Crippen molar-refractivity contribution < 1.29 is 10.2 Å². The lowest BCUT2D eigenvalue weighted by Gasteiger charge is -2.37. The quantitative estimate of drug-likeness (QED) is 0.804. The Balaban J connectivity index is 2.43. The van der Waals surface area contributed by atoms with Crippen LogP contribution in [0.2, 0.25) is 0 Å². The summed E-state index contributed by atoms with van der Waals surface area (Å²) in [6.07, 6.45) is 3.36. The number of benzene rings is 1. The highest BCUT2D eigenvalue weighted by atomic mass is 16.3. The SMILES string of the molecule is CC(C)(CO)C1CCCc2ccc(O)cc21.